The van der Waals surface area contributed by atoms with Gasteiger partial charge < -0.3 is 9.47 Å². The van der Waals surface area contributed by atoms with Crippen molar-refractivity contribution >= 4 is 17.9 Å². The fourth-order valence-electron chi connectivity index (χ4n) is 3.11. The van der Waals surface area contributed by atoms with Crippen molar-refractivity contribution in [1.29, 1.82) is 0 Å². The van der Waals surface area contributed by atoms with Gasteiger partial charge in [0, 0.05) is 17.3 Å². The highest BCUT2D eigenvalue weighted by Crippen LogP contribution is 2.24. The molecule has 5 rings (SSSR count). The molecule has 0 bridgehead atoms. The van der Waals surface area contributed by atoms with Crippen LogP contribution in [0.1, 0.15) is 11.1 Å². The minimum absolute atomic E-state index is 0.229. The molecular formula is C25H17N3O3. The molecule has 1 aliphatic heterocycles. The maximum Gasteiger partial charge on any atom is 0.363 e. The number of cyclic esters (lactones) is 1. The number of carbonyl (C=O) groups is 1. The monoisotopic (exact) mass is 407 g/mol. The standard InChI is InChI=1S/C25H17N3O3/c29-25-23(15-18-16-26-28(17-18)20-7-3-1-4-8-20)27-24(31-25)19-11-13-22(14-12-19)30-21-9-5-2-6-10-21/h1-17H. The molecule has 150 valence electrons. The van der Waals surface area contributed by atoms with Crippen LogP contribution in [0.5, 0.6) is 11.5 Å². The van der Waals surface area contributed by atoms with Crippen LogP contribution in [0.4, 0.5) is 0 Å². The number of ether oxygens (including phenoxy) is 2. The molecule has 0 radical (unpaired) electrons. The summed E-state index contributed by atoms with van der Waals surface area (Å²) in [5.74, 6) is 1.20. The van der Waals surface area contributed by atoms with Crippen LogP contribution in [0.3, 0.4) is 0 Å². The zero-order chi connectivity index (χ0) is 21.0. The fourth-order valence-corrected chi connectivity index (χ4v) is 3.11. The van der Waals surface area contributed by atoms with E-state index in [-0.39, 0.29) is 11.6 Å². The molecule has 0 unspecified atom stereocenters. The Hall–Kier alpha value is -4.45. The Kier molecular flexibility index (Phi) is 4.86. The van der Waals surface area contributed by atoms with Crippen LogP contribution in [-0.4, -0.2) is 21.6 Å². The van der Waals surface area contributed by atoms with E-state index in [0.29, 0.717) is 11.3 Å². The lowest BCUT2D eigenvalue weighted by Gasteiger charge is -2.06. The molecule has 0 atom stereocenters. The maximum atomic E-state index is 12.3. The predicted octanol–water partition coefficient (Wildman–Crippen LogP) is 5.01. The summed E-state index contributed by atoms with van der Waals surface area (Å²) in [6.07, 6.45) is 5.17. The Balaban J connectivity index is 1.34. The van der Waals surface area contributed by atoms with E-state index >= 15 is 0 Å². The Morgan fingerprint density at radius 1 is 0.839 bits per heavy atom. The minimum atomic E-state index is -0.493. The van der Waals surface area contributed by atoms with E-state index in [9.17, 15) is 4.79 Å². The molecule has 1 aromatic heterocycles. The number of aliphatic imine (C=N–C) groups is 1. The van der Waals surface area contributed by atoms with Crippen molar-refractivity contribution in [3.8, 4) is 17.2 Å². The van der Waals surface area contributed by atoms with Crippen LogP contribution in [0.15, 0.2) is 108 Å². The first-order valence-corrected chi connectivity index (χ1v) is 9.71. The van der Waals surface area contributed by atoms with Gasteiger partial charge in [0.2, 0.25) is 5.90 Å². The van der Waals surface area contributed by atoms with E-state index < -0.39 is 5.97 Å². The van der Waals surface area contributed by atoms with E-state index in [1.54, 1.807) is 29.1 Å². The van der Waals surface area contributed by atoms with Crippen LogP contribution in [0.25, 0.3) is 11.8 Å². The fraction of sp³-hybridized carbons (Fsp3) is 0. The molecule has 0 saturated carbocycles. The topological polar surface area (TPSA) is 65.7 Å². The van der Waals surface area contributed by atoms with E-state index in [1.165, 1.54) is 0 Å². The lowest BCUT2D eigenvalue weighted by atomic mass is 10.2. The Morgan fingerprint density at radius 3 is 2.26 bits per heavy atom. The largest absolute Gasteiger partial charge is 0.457 e. The van der Waals surface area contributed by atoms with Crippen LogP contribution >= 0.6 is 0 Å². The molecule has 2 heterocycles. The van der Waals surface area contributed by atoms with Gasteiger partial charge in [-0.1, -0.05) is 36.4 Å². The Morgan fingerprint density at radius 2 is 1.52 bits per heavy atom. The van der Waals surface area contributed by atoms with Gasteiger partial charge in [-0.2, -0.15) is 5.10 Å². The third kappa shape index (κ3) is 4.13. The summed E-state index contributed by atoms with van der Waals surface area (Å²) in [4.78, 5) is 16.6. The summed E-state index contributed by atoms with van der Waals surface area (Å²) in [7, 11) is 0. The van der Waals surface area contributed by atoms with Crippen LogP contribution in [0, 0.1) is 0 Å². The number of rotatable bonds is 5. The van der Waals surface area contributed by atoms with Crippen molar-refractivity contribution in [2.45, 2.75) is 0 Å². The second-order valence-corrected chi connectivity index (χ2v) is 6.83. The van der Waals surface area contributed by atoms with Gasteiger partial charge in [0.15, 0.2) is 5.70 Å². The highest BCUT2D eigenvalue weighted by atomic mass is 16.6. The van der Waals surface area contributed by atoms with Gasteiger partial charge in [-0.25, -0.2) is 14.5 Å². The third-order valence-electron chi connectivity index (χ3n) is 4.63. The second kappa shape index (κ2) is 8.12. The molecule has 0 spiro atoms. The van der Waals surface area contributed by atoms with E-state index in [4.69, 9.17) is 9.47 Å². The number of esters is 1. The number of benzene rings is 3. The van der Waals surface area contributed by atoms with Gasteiger partial charge in [0.05, 0.1) is 11.9 Å². The molecule has 0 amide bonds. The smallest absolute Gasteiger partial charge is 0.363 e. The SMILES string of the molecule is O=C1OC(c2ccc(Oc3ccccc3)cc2)=NC1=Cc1cnn(-c2ccccc2)c1. The second-order valence-electron chi connectivity index (χ2n) is 6.83. The van der Waals surface area contributed by atoms with E-state index in [1.807, 2.05) is 79.0 Å². The quantitative estimate of drug-likeness (QED) is 0.345. The molecule has 4 aromatic rings. The number of hydrogen-bond acceptors (Lipinski definition) is 5. The summed E-state index contributed by atoms with van der Waals surface area (Å²) >= 11 is 0. The summed E-state index contributed by atoms with van der Waals surface area (Å²) in [5.41, 5.74) is 2.61. The normalized spacial score (nSPS) is 14.4. The lowest BCUT2D eigenvalue weighted by molar-refractivity contribution is -0.129. The van der Waals surface area contributed by atoms with Gasteiger partial charge in [-0.15, -0.1) is 0 Å². The number of hydrogen-bond donors (Lipinski definition) is 0. The molecule has 0 aliphatic carbocycles. The maximum absolute atomic E-state index is 12.3. The molecule has 0 N–H and O–H groups in total. The van der Waals surface area contributed by atoms with Crippen molar-refractivity contribution in [3.05, 3.63) is 114 Å². The van der Waals surface area contributed by atoms with Gasteiger partial charge in [-0.05, 0) is 54.6 Å². The third-order valence-corrected chi connectivity index (χ3v) is 4.63. The van der Waals surface area contributed by atoms with Gasteiger partial charge in [-0.3, -0.25) is 0 Å². The van der Waals surface area contributed by atoms with Crippen molar-refractivity contribution in [2.75, 3.05) is 0 Å². The first-order chi connectivity index (χ1) is 15.2. The zero-order valence-electron chi connectivity index (χ0n) is 16.4. The molecule has 6 heteroatoms. The van der Waals surface area contributed by atoms with Crippen molar-refractivity contribution in [2.24, 2.45) is 4.99 Å². The summed E-state index contributed by atoms with van der Waals surface area (Å²) < 4.78 is 12.9. The highest BCUT2D eigenvalue weighted by Gasteiger charge is 2.24. The first kappa shape index (κ1) is 18.6. The summed E-state index contributed by atoms with van der Waals surface area (Å²) in [5, 5.41) is 4.33. The van der Waals surface area contributed by atoms with E-state index in [0.717, 1.165) is 17.0 Å². The minimum Gasteiger partial charge on any atom is -0.457 e. The van der Waals surface area contributed by atoms with Crippen LogP contribution in [0.2, 0.25) is 0 Å². The van der Waals surface area contributed by atoms with Crippen molar-refractivity contribution in [1.82, 2.24) is 9.78 Å². The molecule has 6 nitrogen and oxygen atoms in total. The first-order valence-electron chi connectivity index (χ1n) is 9.71. The Bertz CT molecular complexity index is 1270. The summed E-state index contributed by atoms with van der Waals surface area (Å²) in [6, 6.07) is 26.5. The van der Waals surface area contributed by atoms with Gasteiger partial charge in [0.25, 0.3) is 0 Å². The van der Waals surface area contributed by atoms with Crippen LogP contribution < -0.4 is 4.74 Å². The van der Waals surface area contributed by atoms with Crippen molar-refractivity contribution < 1.29 is 14.3 Å². The van der Waals surface area contributed by atoms with Crippen molar-refractivity contribution in [3.63, 3.8) is 0 Å². The van der Waals surface area contributed by atoms with Gasteiger partial charge in [0.1, 0.15) is 11.5 Å². The number of nitrogens with zero attached hydrogens (tertiary/aromatic N) is 3. The van der Waals surface area contributed by atoms with Gasteiger partial charge >= 0.3 is 5.97 Å². The number of carbonyl (C=O) groups excluding carboxylic acids is 1. The molecule has 3 aromatic carbocycles. The lowest BCUT2D eigenvalue weighted by Crippen LogP contribution is -2.05. The molecule has 0 saturated heterocycles. The average Bonchev–Trinajstić information content (AvgIpc) is 3.43. The molecule has 1 aliphatic rings. The Labute approximate surface area is 178 Å². The summed E-state index contributed by atoms with van der Waals surface area (Å²) in [6.45, 7) is 0. The molecule has 0 fully saturated rings. The van der Waals surface area contributed by atoms with E-state index in [2.05, 4.69) is 10.1 Å². The highest BCUT2D eigenvalue weighted by molar-refractivity contribution is 6.12. The average molecular weight is 407 g/mol. The predicted molar refractivity (Wildman–Crippen MR) is 117 cm³/mol. The molecule has 31 heavy (non-hydrogen) atoms. The zero-order valence-corrected chi connectivity index (χ0v) is 16.4. The number of para-hydroxylation sites is 2. The number of aromatic nitrogens is 2. The van der Waals surface area contributed by atoms with Crippen LogP contribution in [-0.2, 0) is 9.53 Å². The molecular weight excluding hydrogens is 390 g/mol.